The predicted octanol–water partition coefficient (Wildman–Crippen LogP) is 2.87. The first-order chi connectivity index (χ1) is 8.33. The largest absolute Gasteiger partial charge is 0.399 e. The zero-order valence-corrected chi connectivity index (χ0v) is 9.71. The minimum absolute atomic E-state index is 0.664. The Labute approximate surface area is 102 Å². The molecule has 1 aliphatic rings. The Bertz CT molecular complexity index is 501. The van der Waals surface area contributed by atoms with E-state index in [9.17, 15) is 0 Å². The van der Waals surface area contributed by atoms with E-state index in [1.807, 2.05) is 18.2 Å². The average molecular weight is 224 g/mol. The van der Waals surface area contributed by atoms with Crippen molar-refractivity contribution in [2.75, 3.05) is 23.7 Å². The summed E-state index contributed by atoms with van der Waals surface area (Å²) in [4.78, 5) is 2.37. The average Bonchev–Trinajstić information content (AvgIpc) is 2.28. The summed E-state index contributed by atoms with van der Waals surface area (Å²) in [6.07, 6.45) is 0. The summed E-state index contributed by atoms with van der Waals surface area (Å²) in [7, 11) is 0. The van der Waals surface area contributed by atoms with Gasteiger partial charge in [0.1, 0.15) is 0 Å². The SMILES string of the molecule is Nc1cccc(N2CC(c3ccccc3)C2)c1. The van der Waals surface area contributed by atoms with Crippen molar-refractivity contribution in [3.8, 4) is 0 Å². The van der Waals surface area contributed by atoms with Crippen molar-refractivity contribution < 1.29 is 0 Å². The van der Waals surface area contributed by atoms with Crippen LogP contribution in [0, 0.1) is 0 Å². The Kier molecular flexibility index (Phi) is 2.48. The molecule has 1 heterocycles. The molecule has 0 atom stereocenters. The normalized spacial score (nSPS) is 15.6. The lowest BCUT2D eigenvalue weighted by Gasteiger charge is -2.41. The van der Waals surface area contributed by atoms with Crippen molar-refractivity contribution in [2.45, 2.75) is 5.92 Å². The van der Waals surface area contributed by atoms with Crippen molar-refractivity contribution in [3.63, 3.8) is 0 Å². The van der Waals surface area contributed by atoms with Crippen LogP contribution in [0.1, 0.15) is 11.5 Å². The fourth-order valence-electron chi connectivity index (χ4n) is 2.35. The number of nitrogen functional groups attached to an aromatic ring is 1. The Morgan fingerprint density at radius 1 is 0.941 bits per heavy atom. The van der Waals surface area contributed by atoms with Crippen LogP contribution in [0.15, 0.2) is 54.6 Å². The van der Waals surface area contributed by atoms with Gasteiger partial charge in [0.05, 0.1) is 0 Å². The molecule has 0 radical (unpaired) electrons. The van der Waals surface area contributed by atoms with Crippen molar-refractivity contribution in [1.29, 1.82) is 0 Å². The zero-order chi connectivity index (χ0) is 11.7. The molecule has 0 aromatic heterocycles. The molecular weight excluding hydrogens is 208 g/mol. The highest BCUT2D eigenvalue weighted by molar-refractivity contribution is 5.58. The van der Waals surface area contributed by atoms with Crippen LogP contribution in [-0.4, -0.2) is 13.1 Å². The number of hydrogen-bond donors (Lipinski definition) is 1. The van der Waals surface area contributed by atoms with Gasteiger partial charge in [0.25, 0.3) is 0 Å². The molecule has 3 rings (SSSR count). The van der Waals surface area contributed by atoms with Gasteiger partial charge in [-0.3, -0.25) is 0 Å². The Morgan fingerprint density at radius 2 is 1.71 bits per heavy atom. The van der Waals surface area contributed by atoms with Gasteiger partial charge in [-0.05, 0) is 23.8 Å². The Morgan fingerprint density at radius 3 is 2.41 bits per heavy atom. The second kappa shape index (κ2) is 4.13. The summed E-state index contributed by atoms with van der Waals surface area (Å²) < 4.78 is 0. The number of anilines is 2. The molecule has 86 valence electrons. The van der Waals surface area contributed by atoms with Crippen molar-refractivity contribution in [3.05, 3.63) is 60.2 Å². The Balaban J connectivity index is 1.69. The second-order valence-electron chi connectivity index (χ2n) is 4.61. The molecule has 2 N–H and O–H groups in total. The van der Waals surface area contributed by atoms with Crippen LogP contribution in [0.2, 0.25) is 0 Å². The first kappa shape index (κ1) is 10.2. The minimum atomic E-state index is 0.664. The van der Waals surface area contributed by atoms with E-state index < -0.39 is 0 Å². The zero-order valence-electron chi connectivity index (χ0n) is 9.71. The van der Waals surface area contributed by atoms with Crippen LogP contribution in [0.3, 0.4) is 0 Å². The maximum absolute atomic E-state index is 5.79. The third-order valence-corrected chi connectivity index (χ3v) is 3.39. The van der Waals surface area contributed by atoms with Gasteiger partial charge >= 0.3 is 0 Å². The van der Waals surface area contributed by atoms with Gasteiger partial charge in [0.2, 0.25) is 0 Å². The van der Waals surface area contributed by atoms with Gasteiger partial charge in [-0.15, -0.1) is 0 Å². The number of benzene rings is 2. The van der Waals surface area contributed by atoms with Crippen LogP contribution in [0.5, 0.6) is 0 Å². The molecule has 1 saturated heterocycles. The topological polar surface area (TPSA) is 29.3 Å². The quantitative estimate of drug-likeness (QED) is 0.795. The third-order valence-electron chi connectivity index (χ3n) is 3.39. The highest BCUT2D eigenvalue weighted by Gasteiger charge is 2.27. The van der Waals surface area contributed by atoms with E-state index in [-0.39, 0.29) is 0 Å². The van der Waals surface area contributed by atoms with Crippen molar-refractivity contribution in [1.82, 2.24) is 0 Å². The minimum Gasteiger partial charge on any atom is -0.399 e. The smallest absolute Gasteiger partial charge is 0.0387 e. The summed E-state index contributed by atoms with van der Waals surface area (Å²) >= 11 is 0. The first-order valence-corrected chi connectivity index (χ1v) is 5.98. The van der Waals surface area contributed by atoms with E-state index in [1.54, 1.807) is 0 Å². The fraction of sp³-hybridized carbons (Fsp3) is 0.200. The molecule has 0 spiro atoms. The van der Waals surface area contributed by atoms with Crippen LogP contribution in [0.4, 0.5) is 11.4 Å². The number of nitrogens with zero attached hydrogens (tertiary/aromatic N) is 1. The molecule has 2 aromatic carbocycles. The van der Waals surface area contributed by atoms with Crippen LogP contribution in [0.25, 0.3) is 0 Å². The summed E-state index contributed by atoms with van der Waals surface area (Å²) in [6.45, 7) is 2.18. The first-order valence-electron chi connectivity index (χ1n) is 5.98. The molecule has 0 bridgehead atoms. The molecule has 1 aliphatic heterocycles. The molecule has 0 amide bonds. The van der Waals surface area contributed by atoms with Crippen molar-refractivity contribution >= 4 is 11.4 Å². The lowest BCUT2D eigenvalue weighted by molar-refractivity contribution is 0.525. The lowest BCUT2D eigenvalue weighted by atomic mass is 9.91. The number of rotatable bonds is 2. The fourth-order valence-corrected chi connectivity index (χ4v) is 2.35. The standard InChI is InChI=1S/C15H16N2/c16-14-7-4-8-15(9-14)17-10-13(11-17)12-5-2-1-3-6-12/h1-9,13H,10-11,16H2. The van der Waals surface area contributed by atoms with Gasteiger partial charge in [0, 0.05) is 30.4 Å². The van der Waals surface area contributed by atoms with Gasteiger partial charge in [-0.25, -0.2) is 0 Å². The molecule has 2 heteroatoms. The van der Waals surface area contributed by atoms with E-state index in [1.165, 1.54) is 11.3 Å². The summed E-state index contributed by atoms with van der Waals surface area (Å²) in [5, 5.41) is 0. The number of hydrogen-bond acceptors (Lipinski definition) is 2. The van der Waals surface area contributed by atoms with E-state index in [0.717, 1.165) is 18.8 Å². The highest BCUT2D eigenvalue weighted by Crippen LogP contribution is 2.31. The van der Waals surface area contributed by atoms with Gasteiger partial charge in [0.15, 0.2) is 0 Å². The van der Waals surface area contributed by atoms with E-state index in [0.29, 0.717) is 5.92 Å². The second-order valence-corrected chi connectivity index (χ2v) is 4.61. The van der Waals surface area contributed by atoms with Crippen molar-refractivity contribution in [2.24, 2.45) is 0 Å². The molecule has 17 heavy (non-hydrogen) atoms. The van der Waals surface area contributed by atoms with Crippen LogP contribution < -0.4 is 10.6 Å². The maximum Gasteiger partial charge on any atom is 0.0387 e. The van der Waals surface area contributed by atoms with E-state index in [2.05, 4.69) is 41.3 Å². The maximum atomic E-state index is 5.79. The number of nitrogens with two attached hydrogens (primary N) is 1. The molecular formula is C15H16N2. The molecule has 0 saturated carbocycles. The van der Waals surface area contributed by atoms with Gasteiger partial charge in [-0.2, -0.15) is 0 Å². The summed E-state index contributed by atoms with van der Waals surface area (Å²) in [6, 6.07) is 18.8. The van der Waals surface area contributed by atoms with Crippen LogP contribution >= 0.6 is 0 Å². The van der Waals surface area contributed by atoms with Crippen LogP contribution in [-0.2, 0) is 0 Å². The molecule has 2 aromatic rings. The summed E-state index contributed by atoms with van der Waals surface area (Å²) in [5.74, 6) is 0.664. The third kappa shape index (κ3) is 1.98. The molecule has 2 nitrogen and oxygen atoms in total. The van der Waals surface area contributed by atoms with E-state index in [4.69, 9.17) is 5.73 Å². The van der Waals surface area contributed by atoms with Gasteiger partial charge in [-0.1, -0.05) is 36.4 Å². The lowest BCUT2D eigenvalue weighted by Crippen LogP contribution is -2.45. The van der Waals surface area contributed by atoms with Gasteiger partial charge < -0.3 is 10.6 Å². The summed E-state index contributed by atoms with van der Waals surface area (Å²) in [5.41, 5.74) is 9.30. The molecule has 0 aliphatic carbocycles. The van der Waals surface area contributed by atoms with E-state index >= 15 is 0 Å². The predicted molar refractivity (Wildman–Crippen MR) is 72.3 cm³/mol. The monoisotopic (exact) mass is 224 g/mol. The Hall–Kier alpha value is -1.96. The highest BCUT2D eigenvalue weighted by atomic mass is 15.2. The molecule has 0 unspecified atom stereocenters. The molecule has 1 fully saturated rings.